The Balaban J connectivity index is 2.44. The van der Waals surface area contributed by atoms with Gasteiger partial charge in [0.05, 0.1) is 5.56 Å². The van der Waals surface area contributed by atoms with Crippen molar-refractivity contribution in [3.8, 4) is 11.1 Å². The summed E-state index contributed by atoms with van der Waals surface area (Å²) in [6.07, 6.45) is -6.45. The van der Waals surface area contributed by atoms with Crippen molar-refractivity contribution in [3.63, 3.8) is 0 Å². The second kappa shape index (κ2) is 5.76. The predicted molar refractivity (Wildman–Crippen MR) is 69.4 cm³/mol. The third-order valence-electron chi connectivity index (χ3n) is 3.04. The number of aliphatic carboxylic acids is 1. The first-order valence-corrected chi connectivity index (χ1v) is 6.08. The third kappa shape index (κ3) is 3.25. The Morgan fingerprint density at radius 3 is 2.32 bits per heavy atom. The normalized spacial score (nSPS) is 13.0. The van der Waals surface area contributed by atoms with Crippen molar-refractivity contribution in [2.75, 3.05) is 0 Å². The van der Waals surface area contributed by atoms with Crippen molar-refractivity contribution in [2.24, 2.45) is 0 Å². The average molecular weight is 314 g/mol. The molecule has 0 bridgehead atoms. The smallest absolute Gasteiger partial charge is 0.416 e. The summed E-state index contributed by atoms with van der Waals surface area (Å²) in [6.45, 7) is 0. The van der Waals surface area contributed by atoms with E-state index in [1.165, 1.54) is 6.07 Å². The van der Waals surface area contributed by atoms with Gasteiger partial charge in [-0.2, -0.15) is 13.2 Å². The minimum Gasteiger partial charge on any atom is -0.479 e. The SMILES string of the molecule is O=C(O)C(O)c1ccc(-c2cccc(C(F)(F)F)c2)c(F)c1. The Morgan fingerprint density at radius 1 is 1.09 bits per heavy atom. The molecule has 3 nitrogen and oxygen atoms in total. The number of rotatable bonds is 3. The van der Waals surface area contributed by atoms with E-state index in [1.54, 1.807) is 0 Å². The second-order valence-corrected chi connectivity index (χ2v) is 4.56. The molecule has 0 fully saturated rings. The number of alkyl halides is 3. The maximum atomic E-state index is 14.0. The molecule has 0 amide bonds. The van der Waals surface area contributed by atoms with Crippen molar-refractivity contribution >= 4 is 5.97 Å². The zero-order chi connectivity index (χ0) is 16.5. The first-order valence-electron chi connectivity index (χ1n) is 6.08. The number of hydrogen-bond donors (Lipinski definition) is 2. The zero-order valence-electron chi connectivity index (χ0n) is 10.9. The molecule has 0 aromatic heterocycles. The molecule has 2 aromatic carbocycles. The number of carboxylic acid groups (broad SMARTS) is 1. The summed E-state index contributed by atoms with van der Waals surface area (Å²) < 4.78 is 52.0. The van der Waals surface area contributed by atoms with Crippen molar-refractivity contribution in [2.45, 2.75) is 12.3 Å². The van der Waals surface area contributed by atoms with Crippen LogP contribution in [0, 0.1) is 5.82 Å². The van der Waals surface area contributed by atoms with Crippen LogP contribution in [0.2, 0.25) is 0 Å². The van der Waals surface area contributed by atoms with Crippen molar-refractivity contribution in [1.82, 2.24) is 0 Å². The minimum atomic E-state index is -4.55. The van der Waals surface area contributed by atoms with Gasteiger partial charge in [0.15, 0.2) is 6.10 Å². The van der Waals surface area contributed by atoms with Crippen molar-refractivity contribution < 1.29 is 32.6 Å². The minimum absolute atomic E-state index is 0.00342. The van der Waals surface area contributed by atoms with Crippen LogP contribution in [-0.2, 0) is 11.0 Å². The van der Waals surface area contributed by atoms with Crippen LogP contribution in [0.15, 0.2) is 42.5 Å². The van der Waals surface area contributed by atoms with Gasteiger partial charge in [0.2, 0.25) is 0 Å². The highest BCUT2D eigenvalue weighted by atomic mass is 19.4. The van der Waals surface area contributed by atoms with Gasteiger partial charge in [0, 0.05) is 5.56 Å². The number of hydrogen-bond acceptors (Lipinski definition) is 2. The molecule has 22 heavy (non-hydrogen) atoms. The van der Waals surface area contributed by atoms with Gasteiger partial charge in [-0.1, -0.05) is 24.3 Å². The second-order valence-electron chi connectivity index (χ2n) is 4.56. The van der Waals surface area contributed by atoms with Crippen LogP contribution >= 0.6 is 0 Å². The Kier molecular flexibility index (Phi) is 4.18. The first kappa shape index (κ1) is 16.0. The monoisotopic (exact) mass is 314 g/mol. The van der Waals surface area contributed by atoms with E-state index >= 15 is 0 Å². The van der Waals surface area contributed by atoms with E-state index in [2.05, 4.69) is 0 Å². The van der Waals surface area contributed by atoms with Gasteiger partial charge in [0.1, 0.15) is 5.82 Å². The molecule has 7 heteroatoms. The molecule has 0 heterocycles. The topological polar surface area (TPSA) is 57.5 Å². The molecule has 1 atom stereocenters. The molecule has 116 valence electrons. The van der Waals surface area contributed by atoms with Gasteiger partial charge in [-0.3, -0.25) is 0 Å². The zero-order valence-corrected chi connectivity index (χ0v) is 10.9. The van der Waals surface area contributed by atoms with E-state index in [0.29, 0.717) is 0 Å². The fraction of sp³-hybridized carbons (Fsp3) is 0.133. The molecule has 0 saturated carbocycles. The lowest BCUT2D eigenvalue weighted by molar-refractivity contribution is -0.147. The van der Waals surface area contributed by atoms with Crippen LogP contribution in [0.4, 0.5) is 17.6 Å². The number of aliphatic hydroxyl groups excluding tert-OH is 1. The molecule has 2 N–H and O–H groups in total. The van der Waals surface area contributed by atoms with Gasteiger partial charge in [0.25, 0.3) is 0 Å². The quantitative estimate of drug-likeness (QED) is 0.851. The lowest BCUT2D eigenvalue weighted by Gasteiger charge is -2.11. The van der Waals surface area contributed by atoms with Gasteiger partial charge in [-0.15, -0.1) is 0 Å². The summed E-state index contributed by atoms with van der Waals surface area (Å²) in [5, 5.41) is 18.0. The van der Waals surface area contributed by atoms with E-state index < -0.39 is 29.6 Å². The number of carboxylic acids is 1. The summed E-state index contributed by atoms with van der Waals surface area (Å²) in [4.78, 5) is 10.6. The number of halogens is 4. The van der Waals surface area contributed by atoms with Crippen LogP contribution in [0.5, 0.6) is 0 Å². The molecule has 1 unspecified atom stereocenters. The van der Waals surface area contributed by atoms with Gasteiger partial charge < -0.3 is 10.2 Å². The largest absolute Gasteiger partial charge is 0.479 e. The van der Waals surface area contributed by atoms with Crippen LogP contribution < -0.4 is 0 Å². The summed E-state index contributed by atoms with van der Waals surface area (Å²) >= 11 is 0. The predicted octanol–water partition coefficient (Wildman–Crippen LogP) is 3.63. The Bertz CT molecular complexity index is 710. The Labute approximate surface area is 122 Å². The van der Waals surface area contributed by atoms with Crippen LogP contribution in [0.1, 0.15) is 17.2 Å². The van der Waals surface area contributed by atoms with Gasteiger partial charge >= 0.3 is 12.1 Å². The molecular formula is C15H10F4O3. The standard InChI is InChI=1S/C15H10F4O3/c16-12-7-9(13(20)14(21)22)4-5-11(12)8-2-1-3-10(6-8)15(17,18)19/h1-7,13,20H,(H,21,22). The lowest BCUT2D eigenvalue weighted by Crippen LogP contribution is -2.10. The Hall–Kier alpha value is -2.41. The highest BCUT2D eigenvalue weighted by Crippen LogP contribution is 2.33. The molecule has 0 radical (unpaired) electrons. The van der Waals surface area contributed by atoms with Crippen molar-refractivity contribution in [3.05, 3.63) is 59.4 Å². The Morgan fingerprint density at radius 2 is 1.77 bits per heavy atom. The maximum Gasteiger partial charge on any atom is 0.416 e. The molecular weight excluding hydrogens is 304 g/mol. The van der Waals surface area contributed by atoms with Crippen LogP contribution in [0.3, 0.4) is 0 Å². The molecule has 0 spiro atoms. The summed E-state index contributed by atoms with van der Waals surface area (Å²) in [5.41, 5.74) is -1.23. The molecule has 0 saturated heterocycles. The van der Waals surface area contributed by atoms with E-state index in [0.717, 1.165) is 36.4 Å². The highest BCUT2D eigenvalue weighted by molar-refractivity contribution is 5.75. The summed E-state index contributed by atoms with van der Waals surface area (Å²) in [5.74, 6) is -2.47. The summed E-state index contributed by atoms with van der Waals surface area (Å²) in [7, 11) is 0. The molecule has 0 aliphatic heterocycles. The number of carbonyl (C=O) groups is 1. The fourth-order valence-electron chi connectivity index (χ4n) is 1.94. The van der Waals surface area contributed by atoms with Crippen molar-refractivity contribution in [1.29, 1.82) is 0 Å². The van der Waals surface area contributed by atoms with Crippen LogP contribution in [-0.4, -0.2) is 16.2 Å². The van der Waals surface area contributed by atoms with E-state index in [-0.39, 0.29) is 16.7 Å². The van der Waals surface area contributed by atoms with E-state index in [4.69, 9.17) is 5.11 Å². The summed E-state index contributed by atoms with van der Waals surface area (Å²) in [6, 6.07) is 7.19. The number of benzene rings is 2. The molecule has 0 aliphatic rings. The highest BCUT2D eigenvalue weighted by Gasteiger charge is 2.30. The average Bonchev–Trinajstić information content (AvgIpc) is 2.45. The molecule has 2 rings (SSSR count). The molecule has 2 aromatic rings. The lowest BCUT2D eigenvalue weighted by atomic mass is 9.99. The molecule has 0 aliphatic carbocycles. The first-order chi connectivity index (χ1) is 10.2. The third-order valence-corrected chi connectivity index (χ3v) is 3.04. The fourth-order valence-corrected chi connectivity index (χ4v) is 1.94. The number of aliphatic hydroxyl groups is 1. The van der Waals surface area contributed by atoms with Gasteiger partial charge in [-0.05, 0) is 29.3 Å². The van der Waals surface area contributed by atoms with E-state index in [1.807, 2.05) is 0 Å². The van der Waals surface area contributed by atoms with E-state index in [9.17, 15) is 27.5 Å². The van der Waals surface area contributed by atoms with Crippen LogP contribution in [0.25, 0.3) is 11.1 Å². The maximum absolute atomic E-state index is 14.0. The van der Waals surface area contributed by atoms with Gasteiger partial charge in [-0.25, -0.2) is 9.18 Å².